The van der Waals surface area contributed by atoms with Gasteiger partial charge >= 0.3 is 0 Å². The van der Waals surface area contributed by atoms with Gasteiger partial charge in [-0.3, -0.25) is 14.7 Å². The lowest BCUT2D eigenvalue weighted by atomic mass is 9.87. The van der Waals surface area contributed by atoms with Crippen LogP contribution in [0.4, 0.5) is 4.39 Å². The summed E-state index contributed by atoms with van der Waals surface area (Å²) in [6.07, 6.45) is 4.17. The van der Waals surface area contributed by atoms with E-state index >= 15 is 4.39 Å². The second kappa shape index (κ2) is 11.5. The molecule has 3 atom stereocenters. The summed E-state index contributed by atoms with van der Waals surface area (Å²) in [4.78, 5) is 20.7. The summed E-state index contributed by atoms with van der Waals surface area (Å²) < 4.78 is 23.5. The Kier molecular flexibility index (Phi) is 8.47. The van der Waals surface area contributed by atoms with Crippen molar-refractivity contribution in [3.05, 3.63) is 98.5 Å². The lowest BCUT2D eigenvalue weighted by Crippen LogP contribution is -2.52. The van der Waals surface area contributed by atoms with Gasteiger partial charge in [0.2, 0.25) is 5.72 Å². The molecule has 3 aromatic rings. The van der Waals surface area contributed by atoms with Crippen molar-refractivity contribution in [1.82, 2.24) is 9.88 Å². The van der Waals surface area contributed by atoms with Gasteiger partial charge in [0.05, 0.1) is 40.2 Å². The Balaban J connectivity index is 1.83. The minimum absolute atomic E-state index is 0.0392. The molecular weight excluding hydrogens is 578 g/mol. The van der Waals surface area contributed by atoms with Crippen molar-refractivity contribution in [2.45, 2.75) is 83.3 Å². The van der Waals surface area contributed by atoms with Crippen LogP contribution in [-0.4, -0.2) is 38.7 Å². The van der Waals surface area contributed by atoms with Gasteiger partial charge < -0.3 is 14.9 Å². The van der Waals surface area contributed by atoms with Gasteiger partial charge in [-0.1, -0.05) is 55.6 Å². The number of fused-ring (bicyclic) bond motifs is 1. The van der Waals surface area contributed by atoms with Crippen LogP contribution < -0.4 is 0 Å². The number of ether oxygens (including phenoxy) is 1. The predicted octanol–water partition coefficient (Wildman–Crippen LogP) is 7.52. The van der Waals surface area contributed by atoms with Gasteiger partial charge in [0, 0.05) is 16.8 Å². The third-order valence-electron chi connectivity index (χ3n) is 8.73. The lowest BCUT2D eigenvalue weighted by molar-refractivity contribution is -0.151. The quantitative estimate of drug-likeness (QED) is 0.233. The molecule has 0 spiro atoms. The molecule has 2 aromatic carbocycles. The fraction of sp³-hybridized carbons (Fsp3) is 0.455. The van der Waals surface area contributed by atoms with Crippen molar-refractivity contribution in [3.8, 4) is 0 Å². The van der Waals surface area contributed by atoms with Gasteiger partial charge in [-0.05, 0) is 86.9 Å². The smallest absolute Gasteiger partial charge is 0.257 e. The third kappa shape index (κ3) is 5.46. The molecule has 2 N–H and O–H groups in total. The van der Waals surface area contributed by atoms with Crippen LogP contribution in [0.15, 0.2) is 54.7 Å². The molecule has 0 saturated heterocycles. The second-order valence-corrected chi connectivity index (χ2v) is 13.0. The van der Waals surface area contributed by atoms with E-state index in [1.165, 1.54) is 37.1 Å². The van der Waals surface area contributed by atoms with E-state index in [0.29, 0.717) is 34.1 Å². The van der Waals surface area contributed by atoms with Crippen molar-refractivity contribution in [1.29, 1.82) is 0 Å². The molecular formula is C33H37Cl2FN2O4. The minimum Gasteiger partial charge on any atom is -0.391 e. The molecule has 2 aliphatic rings. The summed E-state index contributed by atoms with van der Waals surface area (Å²) in [6, 6.07) is 11.9. The first-order valence-corrected chi connectivity index (χ1v) is 15.2. The number of carbonyl (C=O) groups is 1. The van der Waals surface area contributed by atoms with Gasteiger partial charge in [0.1, 0.15) is 11.9 Å². The highest BCUT2D eigenvalue weighted by atomic mass is 35.5. The fourth-order valence-corrected chi connectivity index (χ4v) is 6.16. The highest BCUT2D eigenvalue weighted by Crippen LogP contribution is 2.55. The van der Waals surface area contributed by atoms with Crippen LogP contribution in [-0.2, 0) is 16.1 Å². The maximum Gasteiger partial charge on any atom is 0.257 e. The summed E-state index contributed by atoms with van der Waals surface area (Å²) in [6.45, 7) is 7.38. The molecule has 1 aliphatic heterocycles. The zero-order valence-electron chi connectivity index (χ0n) is 24.3. The summed E-state index contributed by atoms with van der Waals surface area (Å²) >= 11 is 12.5. The van der Waals surface area contributed by atoms with E-state index in [1.54, 1.807) is 36.4 Å². The molecule has 0 radical (unpaired) electrons. The Hall–Kier alpha value is -2.55. The lowest BCUT2D eigenvalue weighted by Gasteiger charge is -2.45. The van der Waals surface area contributed by atoms with Crippen LogP contribution in [0.1, 0.15) is 98.6 Å². The van der Waals surface area contributed by atoms with E-state index in [9.17, 15) is 15.0 Å². The van der Waals surface area contributed by atoms with Crippen LogP contribution in [0, 0.1) is 11.2 Å². The molecule has 1 fully saturated rings. The summed E-state index contributed by atoms with van der Waals surface area (Å²) in [5, 5.41) is 23.3. The molecule has 2 heterocycles. The first kappa shape index (κ1) is 30.9. The number of carbonyl (C=O) groups excluding carboxylic acids is 1. The Morgan fingerprint density at radius 2 is 1.76 bits per heavy atom. The minimum atomic E-state index is -1.76. The molecule has 0 bridgehead atoms. The van der Waals surface area contributed by atoms with Crippen LogP contribution >= 0.6 is 23.2 Å². The maximum atomic E-state index is 16.6. The van der Waals surface area contributed by atoms with Gasteiger partial charge in [-0.2, -0.15) is 0 Å². The summed E-state index contributed by atoms with van der Waals surface area (Å²) in [7, 11) is 0. The molecule has 2 unspecified atom stereocenters. The highest BCUT2D eigenvalue weighted by molar-refractivity contribution is 6.30. The average molecular weight is 616 g/mol. The Bertz CT molecular complexity index is 1450. The SMILES string of the molecule is CCCC(O)[C@@H](c1ccc(Cl)cn1)N1C(=O)c2cc(C(C)(C)O)cc(F)c2C1(OCC1(CC)CC1)c1ccc(Cl)cc1. The number of amides is 1. The Morgan fingerprint density at radius 1 is 1.10 bits per heavy atom. The first-order valence-electron chi connectivity index (χ1n) is 14.5. The number of pyridine rings is 1. The van der Waals surface area contributed by atoms with Gasteiger partial charge in [0.15, 0.2) is 0 Å². The molecule has 42 heavy (non-hydrogen) atoms. The number of aromatic nitrogens is 1. The Morgan fingerprint density at radius 3 is 2.31 bits per heavy atom. The number of halogens is 3. The molecule has 1 aromatic heterocycles. The van der Waals surface area contributed by atoms with E-state index in [1.807, 2.05) is 6.92 Å². The largest absolute Gasteiger partial charge is 0.391 e. The van der Waals surface area contributed by atoms with E-state index in [4.69, 9.17) is 27.9 Å². The van der Waals surface area contributed by atoms with Gasteiger partial charge in [-0.15, -0.1) is 0 Å². The highest BCUT2D eigenvalue weighted by Gasteiger charge is 2.59. The van der Waals surface area contributed by atoms with Crippen molar-refractivity contribution in [2.75, 3.05) is 6.61 Å². The second-order valence-electron chi connectivity index (χ2n) is 12.1. The van der Waals surface area contributed by atoms with E-state index in [2.05, 4.69) is 11.9 Å². The van der Waals surface area contributed by atoms with Crippen LogP contribution in [0.25, 0.3) is 0 Å². The first-order chi connectivity index (χ1) is 19.9. The number of hydrogen-bond donors (Lipinski definition) is 2. The Labute approximate surface area is 256 Å². The number of hydrogen-bond acceptors (Lipinski definition) is 5. The van der Waals surface area contributed by atoms with Crippen LogP contribution in [0.2, 0.25) is 10.0 Å². The molecule has 1 aliphatic carbocycles. The van der Waals surface area contributed by atoms with Gasteiger partial charge in [0.25, 0.3) is 5.91 Å². The monoisotopic (exact) mass is 614 g/mol. The predicted molar refractivity (Wildman–Crippen MR) is 161 cm³/mol. The molecule has 1 amide bonds. The molecule has 6 nitrogen and oxygen atoms in total. The van der Waals surface area contributed by atoms with Crippen molar-refractivity contribution < 1.29 is 24.1 Å². The number of aliphatic hydroxyl groups is 2. The van der Waals surface area contributed by atoms with E-state index in [-0.39, 0.29) is 28.7 Å². The standard InChI is InChI=1S/C33H37Cl2FN2O4/c1-5-7-27(39)29(26-13-12-23(35)18-37-26)38-30(40)24-16-21(31(3,4)41)17-25(36)28(24)33(38,20-8-10-22(34)11-9-20)42-19-32(6-2)14-15-32/h8-13,16-18,27,29,39,41H,5-7,14-15,19H2,1-4H3/t27?,29-,33?/m1/s1. The number of aliphatic hydroxyl groups excluding tert-OH is 1. The van der Waals surface area contributed by atoms with E-state index in [0.717, 1.165) is 19.3 Å². The normalized spacial score (nSPS) is 20.9. The topological polar surface area (TPSA) is 82.9 Å². The maximum absolute atomic E-state index is 16.6. The van der Waals surface area contributed by atoms with E-state index < -0.39 is 35.2 Å². The number of rotatable bonds is 11. The molecule has 1 saturated carbocycles. The summed E-state index contributed by atoms with van der Waals surface area (Å²) in [5.41, 5.74) is -2.02. The molecule has 5 rings (SSSR count). The van der Waals surface area contributed by atoms with Crippen molar-refractivity contribution >= 4 is 29.1 Å². The third-order valence-corrected chi connectivity index (χ3v) is 9.21. The number of benzene rings is 2. The zero-order valence-corrected chi connectivity index (χ0v) is 25.8. The van der Waals surface area contributed by atoms with Crippen molar-refractivity contribution in [3.63, 3.8) is 0 Å². The average Bonchev–Trinajstić information content (AvgIpc) is 3.69. The zero-order chi connectivity index (χ0) is 30.4. The number of nitrogens with zero attached hydrogens (tertiary/aromatic N) is 2. The summed E-state index contributed by atoms with van der Waals surface area (Å²) in [5.74, 6) is -1.23. The van der Waals surface area contributed by atoms with Gasteiger partial charge in [-0.25, -0.2) is 4.39 Å². The van der Waals surface area contributed by atoms with Crippen molar-refractivity contribution in [2.24, 2.45) is 5.41 Å². The molecule has 9 heteroatoms. The fourth-order valence-electron chi connectivity index (χ4n) is 5.92. The van der Waals surface area contributed by atoms with Crippen LogP contribution in [0.5, 0.6) is 0 Å². The molecule has 224 valence electrons. The van der Waals surface area contributed by atoms with Crippen LogP contribution in [0.3, 0.4) is 0 Å².